The lowest BCUT2D eigenvalue weighted by atomic mass is 10.3. The smallest absolute Gasteiger partial charge is 0.228 e. The zero-order valence-electron chi connectivity index (χ0n) is 10.7. The topological polar surface area (TPSA) is 79.8 Å². The van der Waals surface area contributed by atoms with Crippen LogP contribution >= 0.6 is 11.6 Å². The van der Waals surface area contributed by atoms with Gasteiger partial charge in [0.05, 0.1) is 0 Å². The van der Waals surface area contributed by atoms with Crippen molar-refractivity contribution in [2.45, 2.75) is 25.5 Å². The molecule has 18 heavy (non-hydrogen) atoms. The van der Waals surface area contributed by atoms with Gasteiger partial charge >= 0.3 is 0 Å². The molecule has 0 fully saturated rings. The third kappa shape index (κ3) is 5.14. The van der Waals surface area contributed by atoms with Crippen LogP contribution in [0.5, 0.6) is 0 Å². The molecule has 0 radical (unpaired) electrons. The van der Waals surface area contributed by atoms with E-state index in [2.05, 4.69) is 25.6 Å². The van der Waals surface area contributed by atoms with E-state index in [0.29, 0.717) is 25.0 Å². The van der Waals surface area contributed by atoms with Gasteiger partial charge in [0.1, 0.15) is 0 Å². The summed E-state index contributed by atoms with van der Waals surface area (Å²) >= 11 is 5.79. The maximum absolute atomic E-state index is 11.2. The Morgan fingerprint density at radius 2 is 1.89 bits per heavy atom. The molecule has 0 bridgehead atoms. The molecule has 1 aromatic rings. The van der Waals surface area contributed by atoms with Crippen LogP contribution in [0.1, 0.15) is 20.3 Å². The number of rotatable bonds is 7. The summed E-state index contributed by atoms with van der Waals surface area (Å²) in [6, 6.07) is 0. The minimum absolute atomic E-state index is 0.142. The Balaban J connectivity index is 2.53. The molecular formula is C10H18ClN5OS. The predicted molar refractivity (Wildman–Crippen MR) is 75.6 cm³/mol. The van der Waals surface area contributed by atoms with Crippen LogP contribution in [0.3, 0.4) is 0 Å². The van der Waals surface area contributed by atoms with E-state index in [0.717, 1.165) is 6.42 Å². The highest BCUT2D eigenvalue weighted by Crippen LogP contribution is 2.09. The van der Waals surface area contributed by atoms with Crippen LogP contribution in [0.2, 0.25) is 5.28 Å². The number of aromatic nitrogens is 3. The molecule has 6 nitrogen and oxygen atoms in total. The molecule has 0 spiro atoms. The van der Waals surface area contributed by atoms with Gasteiger partial charge in [-0.1, -0.05) is 6.92 Å². The van der Waals surface area contributed by atoms with Crippen molar-refractivity contribution in [3.8, 4) is 0 Å². The first-order valence-corrected chi connectivity index (χ1v) is 7.74. The predicted octanol–water partition coefficient (Wildman–Crippen LogP) is 1.53. The number of nitrogens with zero attached hydrogens (tertiary/aromatic N) is 3. The Labute approximate surface area is 114 Å². The molecule has 0 aliphatic heterocycles. The van der Waals surface area contributed by atoms with E-state index in [1.165, 1.54) is 0 Å². The largest absolute Gasteiger partial charge is 0.354 e. The normalized spacial score (nSPS) is 14.0. The van der Waals surface area contributed by atoms with Crippen molar-refractivity contribution in [1.29, 1.82) is 0 Å². The first-order chi connectivity index (χ1) is 8.52. The fourth-order valence-corrected chi connectivity index (χ4v) is 1.83. The molecule has 2 N–H and O–H groups in total. The summed E-state index contributed by atoms with van der Waals surface area (Å²) in [4.78, 5) is 12.1. The van der Waals surface area contributed by atoms with Crippen LogP contribution in [-0.2, 0) is 10.8 Å². The van der Waals surface area contributed by atoms with Gasteiger partial charge in [0, 0.05) is 35.4 Å². The van der Waals surface area contributed by atoms with Gasteiger partial charge < -0.3 is 10.6 Å². The highest BCUT2D eigenvalue weighted by atomic mass is 35.5. The highest BCUT2D eigenvalue weighted by Gasteiger charge is 2.07. The highest BCUT2D eigenvalue weighted by molar-refractivity contribution is 7.84. The fourth-order valence-electron chi connectivity index (χ4n) is 1.22. The molecular weight excluding hydrogens is 274 g/mol. The van der Waals surface area contributed by atoms with E-state index in [4.69, 9.17) is 11.6 Å². The second kappa shape index (κ2) is 7.48. The molecule has 0 aliphatic carbocycles. The zero-order chi connectivity index (χ0) is 13.5. The van der Waals surface area contributed by atoms with E-state index in [1.54, 1.807) is 6.26 Å². The summed E-state index contributed by atoms with van der Waals surface area (Å²) < 4.78 is 11.2. The van der Waals surface area contributed by atoms with Crippen molar-refractivity contribution >= 4 is 34.3 Å². The number of hydrogen-bond acceptors (Lipinski definition) is 6. The summed E-state index contributed by atoms with van der Waals surface area (Å²) in [6.07, 6.45) is 2.48. The second-order valence-electron chi connectivity index (χ2n) is 3.81. The van der Waals surface area contributed by atoms with Gasteiger partial charge in [0.2, 0.25) is 17.2 Å². The number of anilines is 2. The lowest BCUT2D eigenvalue weighted by molar-refractivity contribution is 0.672. The Morgan fingerprint density at radius 1 is 1.28 bits per heavy atom. The van der Waals surface area contributed by atoms with E-state index in [1.807, 2.05) is 13.8 Å². The number of nitrogens with one attached hydrogen (secondary N) is 2. The molecule has 102 valence electrons. The Hall–Kier alpha value is -0.950. The molecule has 0 saturated heterocycles. The summed E-state index contributed by atoms with van der Waals surface area (Å²) in [7, 11) is -0.812. The lowest BCUT2D eigenvalue weighted by Crippen LogP contribution is -2.16. The van der Waals surface area contributed by atoms with Gasteiger partial charge in [0.15, 0.2) is 0 Å². The average Bonchev–Trinajstić information content (AvgIpc) is 2.28. The molecule has 1 rings (SSSR count). The standard InChI is InChI=1S/C10H18ClN5OS/c1-4-12-9-14-8(11)15-10(16-9)13-6-5-7(2)18(3)17/h7H,4-6H2,1-3H3,(H2,12,13,14,15,16). The molecule has 0 aromatic carbocycles. The molecule has 1 heterocycles. The van der Waals surface area contributed by atoms with Crippen molar-refractivity contribution in [3.05, 3.63) is 5.28 Å². The van der Waals surface area contributed by atoms with Crippen LogP contribution < -0.4 is 10.6 Å². The molecule has 2 atom stereocenters. The van der Waals surface area contributed by atoms with Gasteiger partial charge in [-0.2, -0.15) is 15.0 Å². The van der Waals surface area contributed by atoms with Crippen LogP contribution in [0.15, 0.2) is 0 Å². The summed E-state index contributed by atoms with van der Waals surface area (Å²) in [5.74, 6) is 0.882. The third-order valence-electron chi connectivity index (χ3n) is 2.34. The summed E-state index contributed by atoms with van der Waals surface area (Å²) in [6.45, 7) is 5.25. The van der Waals surface area contributed by atoms with Crippen molar-refractivity contribution < 1.29 is 4.21 Å². The number of hydrogen-bond donors (Lipinski definition) is 2. The van der Waals surface area contributed by atoms with Crippen LogP contribution in [-0.4, -0.2) is 43.8 Å². The van der Waals surface area contributed by atoms with Gasteiger partial charge in [0.25, 0.3) is 0 Å². The van der Waals surface area contributed by atoms with Crippen LogP contribution in [0, 0.1) is 0 Å². The quantitative estimate of drug-likeness (QED) is 0.793. The monoisotopic (exact) mass is 291 g/mol. The molecule has 1 aromatic heterocycles. The SMILES string of the molecule is CCNc1nc(Cl)nc(NCCC(C)S(C)=O)n1. The Bertz CT molecular complexity index is 417. The molecule has 8 heteroatoms. The van der Waals surface area contributed by atoms with E-state index in [-0.39, 0.29) is 10.5 Å². The third-order valence-corrected chi connectivity index (χ3v) is 3.88. The first kappa shape index (κ1) is 15.1. The fraction of sp³-hybridized carbons (Fsp3) is 0.700. The maximum Gasteiger partial charge on any atom is 0.228 e. The Kier molecular flexibility index (Phi) is 6.28. The molecule has 0 saturated carbocycles. The van der Waals surface area contributed by atoms with Crippen molar-refractivity contribution in [2.75, 3.05) is 30.0 Å². The van der Waals surface area contributed by atoms with Crippen molar-refractivity contribution in [1.82, 2.24) is 15.0 Å². The molecule has 0 aliphatic rings. The van der Waals surface area contributed by atoms with Crippen molar-refractivity contribution in [3.63, 3.8) is 0 Å². The van der Waals surface area contributed by atoms with Crippen LogP contribution in [0.25, 0.3) is 0 Å². The van der Waals surface area contributed by atoms with Gasteiger partial charge in [-0.3, -0.25) is 4.21 Å². The van der Waals surface area contributed by atoms with Gasteiger partial charge in [-0.15, -0.1) is 0 Å². The molecule has 2 unspecified atom stereocenters. The average molecular weight is 292 g/mol. The van der Waals surface area contributed by atoms with Gasteiger partial charge in [-0.05, 0) is 24.9 Å². The van der Waals surface area contributed by atoms with E-state index < -0.39 is 10.8 Å². The van der Waals surface area contributed by atoms with Crippen molar-refractivity contribution in [2.24, 2.45) is 0 Å². The molecule has 0 amide bonds. The second-order valence-corrected chi connectivity index (χ2v) is 5.95. The number of halogens is 1. The maximum atomic E-state index is 11.2. The van der Waals surface area contributed by atoms with Gasteiger partial charge in [-0.25, -0.2) is 0 Å². The summed E-state index contributed by atoms with van der Waals surface area (Å²) in [5, 5.41) is 6.31. The Morgan fingerprint density at radius 3 is 2.44 bits per heavy atom. The minimum Gasteiger partial charge on any atom is -0.354 e. The van der Waals surface area contributed by atoms with E-state index >= 15 is 0 Å². The first-order valence-electron chi connectivity index (χ1n) is 5.74. The minimum atomic E-state index is -0.812. The van der Waals surface area contributed by atoms with Crippen LogP contribution in [0.4, 0.5) is 11.9 Å². The zero-order valence-corrected chi connectivity index (χ0v) is 12.3. The summed E-state index contributed by atoms with van der Waals surface area (Å²) in [5.41, 5.74) is 0. The van der Waals surface area contributed by atoms with E-state index in [9.17, 15) is 4.21 Å². The lowest BCUT2D eigenvalue weighted by Gasteiger charge is -2.10.